The van der Waals surface area contributed by atoms with Crippen molar-refractivity contribution >= 4 is 21.4 Å². The van der Waals surface area contributed by atoms with Gasteiger partial charge in [-0.15, -0.1) is 11.3 Å². The Labute approximate surface area is 137 Å². The first-order valence-electron chi connectivity index (χ1n) is 8.20. The van der Waals surface area contributed by atoms with E-state index in [0.29, 0.717) is 19.0 Å². The predicted molar refractivity (Wildman–Crippen MR) is 89.7 cm³/mol. The molecule has 0 amide bonds. The van der Waals surface area contributed by atoms with Crippen LogP contribution in [-0.4, -0.2) is 32.2 Å². The molecule has 0 aromatic carbocycles. The molecule has 1 fully saturated rings. The Morgan fingerprint density at radius 3 is 2.82 bits per heavy atom. The molecule has 0 bridgehead atoms. The number of hydrogen-bond acceptors (Lipinski definition) is 5. The summed E-state index contributed by atoms with van der Waals surface area (Å²) in [6.07, 6.45) is 6.82. The van der Waals surface area contributed by atoms with Crippen LogP contribution in [0.1, 0.15) is 53.7 Å². The Morgan fingerprint density at radius 2 is 2.09 bits per heavy atom. The number of hydrogen-bond donors (Lipinski definition) is 2. The molecule has 1 heterocycles. The van der Waals surface area contributed by atoms with Gasteiger partial charge in [0, 0.05) is 24.0 Å². The molecular formula is C15H25N3O2S2. The standard InChI is InChI=1S/C15H25N3O2S2/c1-11-18-14-7-3-6-13(15(14)21-11)16-8-9-22(19,20)17-10-12-4-2-5-12/h12-13,16-17H,2-10H2,1H3/t13-/m0/s1. The predicted octanol–water partition coefficient (Wildman–Crippen LogP) is 2.14. The Hall–Kier alpha value is -0.500. The maximum atomic E-state index is 12.0. The Balaban J connectivity index is 1.46. The van der Waals surface area contributed by atoms with Gasteiger partial charge in [-0.2, -0.15) is 0 Å². The van der Waals surface area contributed by atoms with Crippen molar-refractivity contribution in [2.45, 2.75) is 51.5 Å². The highest BCUT2D eigenvalue weighted by Crippen LogP contribution is 2.33. The lowest BCUT2D eigenvalue weighted by atomic mass is 9.86. The molecule has 1 aromatic heterocycles. The normalized spacial score (nSPS) is 22.3. The number of rotatable bonds is 7. The van der Waals surface area contributed by atoms with Gasteiger partial charge in [-0.05, 0) is 44.9 Å². The van der Waals surface area contributed by atoms with E-state index in [4.69, 9.17) is 0 Å². The van der Waals surface area contributed by atoms with E-state index >= 15 is 0 Å². The number of thiazole rings is 1. The van der Waals surface area contributed by atoms with E-state index in [0.717, 1.165) is 37.1 Å². The van der Waals surface area contributed by atoms with Gasteiger partial charge >= 0.3 is 0 Å². The van der Waals surface area contributed by atoms with Gasteiger partial charge in [0.05, 0.1) is 16.5 Å². The van der Waals surface area contributed by atoms with Gasteiger partial charge < -0.3 is 5.32 Å². The summed E-state index contributed by atoms with van der Waals surface area (Å²) in [5.41, 5.74) is 1.21. The zero-order valence-electron chi connectivity index (χ0n) is 13.1. The van der Waals surface area contributed by atoms with Crippen molar-refractivity contribution in [2.24, 2.45) is 5.92 Å². The van der Waals surface area contributed by atoms with Crippen LogP contribution in [0, 0.1) is 12.8 Å². The highest BCUT2D eigenvalue weighted by atomic mass is 32.2. The van der Waals surface area contributed by atoms with Crippen molar-refractivity contribution in [3.63, 3.8) is 0 Å². The summed E-state index contributed by atoms with van der Waals surface area (Å²) in [6.45, 7) is 3.15. The summed E-state index contributed by atoms with van der Waals surface area (Å²) in [4.78, 5) is 5.88. The SMILES string of the molecule is Cc1nc2c(s1)[C@@H](NCCS(=O)(=O)NCC1CCC1)CCC2. The third kappa shape index (κ3) is 4.07. The molecule has 0 radical (unpaired) electrons. The first-order valence-corrected chi connectivity index (χ1v) is 10.7. The molecule has 124 valence electrons. The Morgan fingerprint density at radius 1 is 1.27 bits per heavy atom. The van der Waals surface area contributed by atoms with Gasteiger partial charge in [0.1, 0.15) is 0 Å². The van der Waals surface area contributed by atoms with Crippen LogP contribution >= 0.6 is 11.3 Å². The second kappa shape index (κ2) is 6.95. The maximum Gasteiger partial charge on any atom is 0.212 e. The zero-order valence-corrected chi connectivity index (χ0v) is 14.7. The van der Waals surface area contributed by atoms with Gasteiger partial charge in [0.25, 0.3) is 0 Å². The molecule has 1 atom stereocenters. The van der Waals surface area contributed by atoms with Gasteiger partial charge in [0.15, 0.2) is 0 Å². The minimum Gasteiger partial charge on any atom is -0.308 e. The summed E-state index contributed by atoms with van der Waals surface area (Å²) in [5.74, 6) is 0.715. The summed E-state index contributed by atoms with van der Waals surface area (Å²) < 4.78 is 26.8. The van der Waals surface area contributed by atoms with E-state index in [-0.39, 0.29) is 11.8 Å². The van der Waals surface area contributed by atoms with E-state index in [1.165, 1.54) is 17.0 Å². The molecule has 5 nitrogen and oxygen atoms in total. The van der Waals surface area contributed by atoms with Crippen LogP contribution in [0.25, 0.3) is 0 Å². The maximum absolute atomic E-state index is 12.0. The van der Waals surface area contributed by atoms with Crippen LogP contribution in [0.2, 0.25) is 0 Å². The second-order valence-electron chi connectivity index (χ2n) is 6.41. The molecule has 0 spiro atoms. The van der Waals surface area contributed by atoms with E-state index < -0.39 is 10.0 Å². The van der Waals surface area contributed by atoms with Crippen molar-refractivity contribution < 1.29 is 8.42 Å². The fourth-order valence-electron chi connectivity index (χ4n) is 3.12. The third-order valence-corrected chi connectivity index (χ3v) is 7.11. The highest BCUT2D eigenvalue weighted by Gasteiger charge is 2.24. The number of nitrogens with one attached hydrogen (secondary N) is 2. The average molecular weight is 344 g/mol. The van der Waals surface area contributed by atoms with Crippen LogP contribution in [0.15, 0.2) is 0 Å². The molecule has 3 rings (SSSR count). The van der Waals surface area contributed by atoms with Gasteiger partial charge in [-0.25, -0.2) is 18.1 Å². The second-order valence-corrected chi connectivity index (χ2v) is 9.57. The lowest BCUT2D eigenvalue weighted by molar-refractivity contribution is 0.316. The molecule has 22 heavy (non-hydrogen) atoms. The molecule has 0 saturated heterocycles. The van der Waals surface area contributed by atoms with Crippen molar-refractivity contribution in [1.29, 1.82) is 0 Å². The Bertz CT molecular complexity index is 608. The quantitative estimate of drug-likeness (QED) is 0.796. The minimum absolute atomic E-state index is 0.156. The van der Waals surface area contributed by atoms with Crippen molar-refractivity contribution in [3.05, 3.63) is 15.6 Å². The number of fused-ring (bicyclic) bond motifs is 1. The lowest BCUT2D eigenvalue weighted by Gasteiger charge is -2.25. The molecule has 2 N–H and O–H groups in total. The van der Waals surface area contributed by atoms with Crippen LogP contribution in [0.4, 0.5) is 0 Å². The van der Waals surface area contributed by atoms with Crippen molar-refractivity contribution in [2.75, 3.05) is 18.8 Å². The van der Waals surface area contributed by atoms with Gasteiger partial charge in [0.2, 0.25) is 10.0 Å². The van der Waals surface area contributed by atoms with Crippen LogP contribution < -0.4 is 10.0 Å². The first kappa shape index (κ1) is 16.4. The molecule has 0 unspecified atom stereocenters. The zero-order chi connectivity index (χ0) is 15.6. The first-order chi connectivity index (χ1) is 10.5. The highest BCUT2D eigenvalue weighted by molar-refractivity contribution is 7.89. The van der Waals surface area contributed by atoms with Gasteiger partial charge in [-0.1, -0.05) is 6.42 Å². The molecule has 7 heteroatoms. The molecule has 2 aliphatic rings. The van der Waals surface area contributed by atoms with E-state index in [1.807, 2.05) is 6.92 Å². The monoisotopic (exact) mass is 343 g/mol. The topological polar surface area (TPSA) is 71.1 Å². The number of sulfonamides is 1. The molecule has 0 aliphatic heterocycles. The summed E-state index contributed by atoms with van der Waals surface area (Å²) in [6, 6.07) is 0.275. The molecule has 1 aromatic rings. The minimum atomic E-state index is -3.15. The van der Waals surface area contributed by atoms with Gasteiger partial charge in [-0.3, -0.25) is 0 Å². The summed E-state index contributed by atoms with van der Waals surface area (Å²) in [5, 5.41) is 4.52. The fourth-order valence-corrected chi connectivity index (χ4v) is 5.22. The van der Waals surface area contributed by atoms with E-state index in [2.05, 4.69) is 15.0 Å². The number of aromatic nitrogens is 1. The summed E-state index contributed by atoms with van der Waals surface area (Å²) >= 11 is 1.74. The number of nitrogens with zero attached hydrogens (tertiary/aromatic N) is 1. The van der Waals surface area contributed by atoms with Crippen molar-refractivity contribution in [1.82, 2.24) is 15.0 Å². The van der Waals surface area contributed by atoms with Crippen LogP contribution in [0.3, 0.4) is 0 Å². The van der Waals surface area contributed by atoms with Crippen LogP contribution in [0.5, 0.6) is 0 Å². The van der Waals surface area contributed by atoms with Crippen molar-refractivity contribution in [3.8, 4) is 0 Å². The molecular weight excluding hydrogens is 318 g/mol. The van der Waals surface area contributed by atoms with Crippen LogP contribution in [-0.2, 0) is 16.4 Å². The fraction of sp³-hybridized carbons (Fsp3) is 0.800. The van der Waals surface area contributed by atoms with E-state index in [9.17, 15) is 8.42 Å². The number of aryl methyl sites for hydroxylation is 2. The molecule has 2 aliphatic carbocycles. The largest absolute Gasteiger partial charge is 0.308 e. The third-order valence-electron chi connectivity index (χ3n) is 4.64. The Kier molecular flexibility index (Phi) is 5.17. The lowest BCUT2D eigenvalue weighted by Crippen LogP contribution is -2.37. The smallest absolute Gasteiger partial charge is 0.212 e. The summed E-state index contributed by atoms with van der Waals surface area (Å²) in [7, 11) is -3.15. The van der Waals surface area contributed by atoms with E-state index in [1.54, 1.807) is 11.3 Å². The molecule has 1 saturated carbocycles. The average Bonchev–Trinajstić information content (AvgIpc) is 2.77.